The van der Waals surface area contributed by atoms with E-state index in [1.807, 2.05) is 29.2 Å². The van der Waals surface area contributed by atoms with Gasteiger partial charge in [-0.15, -0.1) is 9.24 Å². The summed E-state index contributed by atoms with van der Waals surface area (Å²) in [5.41, 5.74) is 2.01. The highest BCUT2D eigenvalue weighted by atomic mass is 31.0. The average molecular weight is 363 g/mol. The molecule has 0 radical (unpaired) electrons. The first-order chi connectivity index (χ1) is 13.3. The van der Waals surface area contributed by atoms with Gasteiger partial charge in [-0.3, -0.25) is 0 Å². The largest absolute Gasteiger partial charge is 0.380 e. The topological polar surface area (TPSA) is 41.1 Å². The van der Waals surface area contributed by atoms with Crippen LogP contribution in [0.4, 0.5) is 10.2 Å². The Hall–Kier alpha value is -1.97. The highest BCUT2D eigenvalue weighted by molar-refractivity contribution is 7.27. The zero-order valence-electron chi connectivity index (χ0n) is 16.6. The monoisotopic (exact) mass is 363 g/mol. The predicted molar refractivity (Wildman–Crippen MR) is 103 cm³/mol. The summed E-state index contributed by atoms with van der Waals surface area (Å²) in [5.74, 6) is -0.0718. The van der Waals surface area contributed by atoms with Crippen LogP contribution in [0.3, 0.4) is 0 Å². The van der Waals surface area contributed by atoms with Crippen molar-refractivity contribution in [1.82, 2.24) is 9.97 Å². The zero-order valence-corrected chi connectivity index (χ0v) is 14.8. The number of ether oxygens (including phenoxy) is 1. The van der Waals surface area contributed by atoms with E-state index in [0.29, 0.717) is 36.6 Å². The number of halogens is 1. The summed E-state index contributed by atoms with van der Waals surface area (Å²) in [6.45, 7) is 1.07. The van der Waals surface area contributed by atoms with Gasteiger partial charge in [-0.1, -0.05) is 6.07 Å². The molecule has 1 N–H and O–H groups in total. The fourth-order valence-corrected chi connectivity index (χ4v) is 3.62. The van der Waals surface area contributed by atoms with Crippen molar-refractivity contribution in [2.45, 2.75) is 18.9 Å². The van der Waals surface area contributed by atoms with E-state index in [9.17, 15) is 4.39 Å². The van der Waals surface area contributed by atoms with Gasteiger partial charge in [-0.05, 0) is 48.5 Å². The van der Waals surface area contributed by atoms with Crippen molar-refractivity contribution in [1.29, 1.82) is 0 Å². The number of fused-ring (bicyclic) bond motifs is 1. The van der Waals surface area contributed by atoms with Crippen molar-refractivity contribution >= 4 is 31.3 Å². The second-order valence-corrected chi connectivity index (χ2v) is 7.03. The average Bonchev–Trinajstić information content (AvgIpc) is 3.03. The van der Waals surface area contributed by atoms with Gasteiger partial charge in [0, 0.05) is 31.0 Å². The Bertz CT molecular complexity index is 1010. The molecule has 0 aliphatic carbocycles. The maximum absolute atomic E-state index is 14.8. The Morgan fingerprint density at radius 2 is 2.28 bits per heavy atom. The fraction of sp³-hybridized carbons (Fsp3) is 0.316. The van der Waals surface area contributed by atoms with Gasteiger partial charge in [0.25, 0.3) is 0 Å². The van der Waals surface area contributed by atoms with E-state index in [2.05, 4.69) is 19.2 Å². The quantitative estimate of drug-likeness (QED) is 0.572. The molecule has 3 heterocycles. The van der Waals surface area contributed by atoms with Crippen LogP contribution in [0.15, 0.2) is 36.4 Å². The van der Waals surface area contributed by atoms with Crippen molar-refractivity contribution in [3.8, 4) is 11.3 Å². The lowest BCUT2D eigenvalue weighted by atomic mass is 10.1. The van der Waals surface area contributed by atoms with Gasteiger partial charge in [0.15, 0.2) is 0 Å². The summed E-state index contributed by atoms with van der Waals surface area (Å²) in [7, 11) is 0.221. The van der Waals surface area contributed by atoms with Gasteiger partial charge in [-0.25, -0.2) is 4.98 Å². The number of hydrogen-bond donors (Lipinski definition) is 1. The SMILES string of the molecule is [3H]C([3H])([3H])O[C@H]1CCCN(c2ccc(-c3cc4cc(P)ccc4[nH]3)c(F)n2)C1. The number of rotatable bonds is 3. The van der Waals surface area contributed by atoms with Gasteiger partial charge in [-0.2, -0.15) is 4.39 Å². The number of anilines is 1. The number of hydrogen-bond acceptors (Lipinski definition) is 3. The van der Waals surface area contributed by atoms with Gasteiger partial charge < -0.3 is 14.6 Å². The number of aromatic nitrogens is 2. The fourth-order valence-electron chi connectivity index (χ4n) is 3.34. The van der Waals surface area contributed by atoms with E-state index >= 15 is 0 Å². The van der Waals surface area contributed by atoms with Crippen molar-refractivity contribution in [2.24, 2.45) is 0 Å². The summed E-state index contributed by atoms with van der Waals surface area (Å²) in [4.78, 5) is 9.23. The molecule has 2 atom stereocenters. The maximum Gasteiger partial charge on any atom is 0.224 e. The molecule has 0 spiro atoms. The molecular weight excluding hydrogens is 336 g/mol. The second kappa shape index (κ2) is 6.74. The molecule has 0 amide bonds. The predicted octanol–water partition coefficient (Wildman–Crippen LogP) is 3.48. The Morgan fingerprint density at radius 3 is 3.12 bits per heavy atom. The van der Waals surface area contributed by atoms with Crippen molar-refractivity contribution in [2.75, 3.05) is 25.0 Å². The third-order valence-electron chi connectivity index (χ3n) is 4.64. The van der Waals surface area contributed by atoms with Gasteiger partial charge in [0.05, 0.1) is 21.5 Å². The Kier molecular flexibility index (Phi) is 3.57. The molecule has 1 saturated heterocycles. The van der Waals surface area contributed by atoms with Crippen molar-refractivity contribution < 1.29 is 13.2 Å². The van der Waals surface area contributed by atoms with Crippen LogP contribution in [0.5, 0.6) is 0 Å². The standard InChI is InChI=1S/C19H21FN3OP/c1-24-13-3-2-8-23(11-13)18-7-5-15(19(20)22-18)17-10-12-9-14(25)4-6-16(12)21-17/h4-7,9-10,13,21H,2-3,8,11,25H2,1H3/t13-/m0/s1/i1T3. The van der Waals surface area contributed by atoms with Crippen molar-refractivity contribution in [3.05, 3.63) is 42.3 Å². The number of pyridine rings is 1. The van der Waals surface area contributed by atoms with Crippen LogP contribution in [0, 0.1) is 5.95 Å². The van der Waals surface area contributed by atoms with Crippen LogP contribution in [0.2, 0.25) is 0 Å². The van der Waals surface area contributed by atoms with E-state index in [1.54, 1.807) is 12.1 Å². The Labute approximate surface area is 152 Å². The van der Waals surface area contributed by atoms with Gasteiger partial charge in [0.1, 0.15) is 5.82 Å². The normalized spacial score (nSPS) is 20.3. The molecule has 1 aliphatic heterocycles. The van der Waals surface area contributed by atoms with E-state index in [0.717, 1.165) is 22.6 Å². The minimum atomic E-state index is -2.43. The number of benzene rings is 1. The molecule has 130 valence electrons. The molecule has 1 aromatic carbocycles. The van der Waals surface area contributed by atoms with Crippen molar-refractivity contribution in [3.63, 3.8) is 0 Å². The molecule has 0 saturated carbocycles. The molecule has 4 nitrogen and oxygen atoms in total. The van der Waals surface area contributed by atoms with Crippen LogP contribution in [-0.2, 0) is 4.74 Å². The first kappa shape index (κ1) is 13.3. The Balaban J connectivity index is 1.57. The minimum Gasteiger partial charge on any atom is -0.380 e. The molecule has 25 heavy (non-hydrogen) atoms. The maximum atomic E-state index is 14.8. The first-order valence-corrected chi connectivity index (χ1v) is 8.84. The summed E-state index contributed by atoms with van der Waals surface area (Å²) in [6, 6.07) is 11.3. The summed E-state index contributed by atoms with van der Waals surface area (Å²) in [5, 5.41) is 2.07. The summed E-state index contributed by atoms with van der Waals surface area (Å²) < 4.78 is 41.7. The second-order valence-electron chi connectivity index (χ2n) is 6.37. The number of H-pyrrole nitrogens is 1. The highest BCUT2D eigenvalue weighted by Crippen LogP contribution is 2.28. The summed E-state index contributed by atoms with van der Waals surface area (Å²) in [6.07, 6.45) is 1.02. The molecule has 1 aliphatic rings. The third kappa shape index (κ3) is 3.26. The van der Waals surface area contributed by atoms with Crippen LogP contribution in [-0.4, -0.2) is 36.2 Å². The molecule has 4 rings (SSSR count). The van der Waals surface area contributed by atoms with Gasteiger partial charge in [0.2, 0.25) is 5.95 Å². The molecule has 2 aromatic heterocycles. The smallest absolute Gasteiger partial charge is 0.224 e. The lowest BCUT2D eigenvalue weighted by Gasteiger charge is -2.32. The van der Waals surface area contributed by atoms with E-state index in [-0.39, 0.29) is 0 Å². The number of nitrogens with zero attached hydrogens (tertiary/aromatic N) is 2. The van der Waals surface area contributed by atoms with E-state index in [4.69, 9.17) is 8.85 Å². The molecular formula is C19H21FN3OP. The lowest BCUT2D eigenvalue weighted by molar-refractivity contribution is 0.0891. The molecule has 1 fully saturated rings. The van der Waals surface area contributed by atoms with Crippen LogP contribution in [0.25, 0.3) is 22.2 Å². The summed E-state index contributed by atoms with van der Waals surface area (Å²) >= 11 is 0. The van der Waals surface area contributed by atoms with E-state index < -0.39 is 19.1 Å². The zero-order chi connectivity index (χ0) is 19.9. The first-order valence-electron chi connectivity index (χ1n) is 9.76. The Morgan fingerprint density at radius 1 is 1.36 bits per heavy atom. The molecule has 6 heteroatoms. The van der Waals surface area contributed by atoms with Crippen LogP contribution >= 0.6 is 9.24 Å². The van der Waals surface area contributed by atoms with Gasteiger partial charge >= 0.3 is 0 Å². The van der Waals surface area contributed by atoms with Crippen LogP contribution < -0.4 is 10.2 Å². The number of methoxy groups -OCH3 is 1. The minimum absolute atomic E-state index is 0.382. The molecule has 1 unspecified atom stereocenters. The third-order valence-corrected chi connectivity index (χ3v) is 5.00. The number of piperidine rings is 1. The molecule has 0 bridgehead atoms. The van der Waals surface area contributed by atoms with E-state index in [1.165, 1.54) is 0 Å². The van der Waals surface area contributed by atoms with Crippen LogP contribution in [0.1, 0.15) is 17.0 Å². The molecule has 3 aromatic rings. The highest BCUT2D eigenvalue weighted by Gasteiger charge is 2.21. The lowest BCUT2D eigenvalue weighted by Crippen LogP contribution is -2.39. The number of aromatic amines is 1. The number of nitrogens with one attached hydrogen (secondary N) is 1.